The fourth-order valence-electron chi connectivity index (χ4n) is 6.80. The van der Waals surface area contributed by atoms with Crippen molar-refractivity contribution in [1.82, 2.24) is 10.3 Å². The standard InChI is InChI=1S/C43H41N5O8S/c1-25-19-32(21-34-39(25)46-22-35(43(44)52)40(34)47-29-6-3-7-30(20-29)55-2)57(53,54)31-14-12-28(13-15-31)27-10-8-26(9-11-27)5-4-18-45-23-37(50)33-16-17-36(49)41-42(33)56-24-38(51)48-41/h3,6-17,19-22,37,45,49-50H,4-5,18,23-24H2,1-2H3,(H2,44,52)(H,46,47)(H,48,51)/t37-/m0/s1. The zero-order valence-corrected chi connectivity index (χ0v) is 32.0. The molecule has 1 aliphatic heterocycles. The van der Waals surface area contributed by atoms with E-state index in [2.05, 4.69) is 20.9 Å². The molecule has 0 aliphatic carbocycles. The number of nitrogens with two attached hydrogens (primary N) is 1. The summed E-state index contributed by atoms with van der Waals surface area (Å²) in [6, 6.07) is 28.0. The molecule has 292 valence electrons. The molecule has 7 N–H and O–H groups in total. The Morgan fingerprint density at radius 2 is 1.74 bits per heavy atom. The topological polar surface area (TPSA) is 202 Å². The third-order valence-electron chi connectivity index (χ3n) is 9.80. The third kappa shape index (κ3) is 8.24. The number of benzene rings is 5. The molecule has 0 bridgehead atoms. The van der Waals surface area contributed by atoms with Crippen LogP contribution in [0.25, 0.3) is 22.0 Å². The molecule has 0 saturated carbocycles. The number of aromatic hydroxyl groups is 1. The molecule has 2 amide bonds. The van der Waals surface area contributed by atoms with Crippen LogP contribution in [-0.2, 0) is 21.1 Å². The van der Waals surface area contributed by atoms with Gasteiger partial charge in [0.2, 0.25) is 9.84 Å². The quantitative estimate of drug-likeness (QED) is 0.0543. The smallest absolute Gasteiger partial charge is 0.262 e. The van der Waals surface area contributed by atoms with Gasteiger partial charge in [-0.05, 0) is 97.1 Å². The Labute approximate surface area is 329 Å². The molecule has 7 rings (SSSR count). The average molecular weight is 788 g/mol. The highest BCUT2D eigenvalue weighted by Gasteiger charge is 2.26. The van der Waals surface area contributed by atoms with Gasteiger partial charge in [0.05, 0.1) is 39.8 Å². The highest BCUT2D eigenvalue weighted by atomic mass is 32.2. The first-order valence-corrected chi connectivity index (χ1v) is 19.7. The van der Waals surface area contributed by atoms with Crippen molar-refractivity contribution < 1.29 is 37.7 Å². The zero-order chi connectivity index (χ0) is 40.3. The number of aliphatic hydroxyl groups is 1. The lowest BCUT2D eigenvalue weighted by atomic mass is 10.0. The number of nitrogens with one attached hydrogen (secondary N) is 3. The summed E-state index contributed by atoms with van der Waals surface area (Å²) in [5, 5.41) is 30.3. The molecule has 57 heavy (non-hydrogen) atoms. The van der Waals surface area contributed by atoms with Crippen LogP contribution in [0, 0.1) is 6.92 Å². The number of phenols is 1. The molecule has 0 saturated heterocycles. The Balaban J connectivity index is 1.00. The summed E-state index contributed by atoms with van der Waals surface area (Å²) in [7, 11) is -2.43. The molecule has 6 aromatic rings. The van der Waals surface area contributed by atoms with Crippen LogP contribution in [0.3, 0.4) is 0 Å². The molecule has 2 heterocycles. The number of methoxy groups -OCH3 is 1. The van der Waals surface area contributed by atoms with E-state index >= 15 is 0 Å². The number of hydrogen-bond donors (Lipinski definition) is 6. The number of primary amides is 1. The van der Waals surface area contributed by atoms with Crippen LogP contribution in [-0.4, -0.2) is 62.2 Å². The van der Waals surface area contributed by atoms with Crippen molar-refractivity contribution in [2.75, 3.05) is 37.4 Å². The number of phenolic OH excluding ortho intramolecular Hbond substituents is 1. The Bertz CT molecular complexity index is 2600. The van der Waals surface area contributed by atoms with Crippen molar-refractivity contribution in [3.05, 3.63) is 126 Å². The number of carbonyl (C=O) groups excluding carboxylic acids is 2. The maximum Gasteiger partial charge on any atom is 0.262 e. The van der Waals surface area contributed by atoms with E-state index in [1.807, 2.05) is 24.3 Å². The van der Waals surface area contributed by atoms with E-state index in [-0.39, 0.29) is 51.6 Å². The molecule has 14 heteroatoms. The Morgan fingerprint density at radius 1 is 1.00 bits per heavy atom. The molecule has 0 unspecified atom stereocenters. The number of aliphatic hydroxyl groups excluding tert-OH is 1. The average Bonchev–Trinajstić information content (AvgIpc) is 3.21. The SMILES string of the molecule is COc1cccc(Nc2c(C(N)=O)cnc3c(C)cc(S(=O)(=O)c4ccc(-c5ccc(CCCNC[C@H](O)c6ccc(O)c7c6OCC(=O)N7)cc5)cc4)cc23)c1. The van der Waals surface area contributed by atoms with Gasteiger partial charge >= 0.3 is 0 Å². The highest BCUT2D eigenvalue weighted by molar-refractivity contribution is 7.91. The number of ether oxygens (including phenoxy) is 2. The number of nitrogens with zero attached hydrogens (tertiary/aromatic N) is 1. The molecule has 5 aromatic carbocycles. The van der Waals surface area contributed by atoms with Crippen LogP contribution in [0.15, 0.2) is 113 Å². The molecule has 0 fully saturated rings. The number of aromatic nitrogens is 1. The second-order valence-corrected chi connectivity index (χ2v) is 15.6. The zero-order valence-electron chi connectivity index (χ0n) is 31.2. The summed E-state index contributed by atoms with van der Waals surface area (Å²) >= 11 is 0. The number of pyridine rings is 1. The van der Waals surface area contributed by atoms with E-state index in [1.54, 1.807) is 74.7 Å². The van der Waals surface area contributed by atoms with Crippen LogP contribution in [0.1, 0.15) is 39.6 Å². The second-order valence-electron chi connectivity index (χ2n) is 13.7. The maximum absolute atomic E-state index is 14.0. The number of amides is 2. The van der Waals surface area contributed by atoms with Crippen molar-refractivity contribution >= 4 is 49.6 Å². The number of aryl methyl sites for hydroxylation is 2. The lowest BCUT2D eigenvalue weighted by Gasteiger charge is -2.23. The molecular weight excluding hydrogens is 747 g/mol. The summed E-state index contributed by atoms with van der Waals surface area (Å²) in [5.74, 6) is -0.343. The van der Waals surface area contributed by atoms with Crippen LogP contribution >= 0.6 is 0 Å². The number of sulfone groups is 1. The minimum absolute atomic E-state index is 0.0500. The normalized spacial score (nSPS) is 13.0. The minimum atomic E-state index is -3.98. The van der Waals surface area contributed by atoms with E-state index in [4.69, 9.17) is 15.2 Å². The summed E-state index contributed by atoms with van der Waals surface area (Å²) in [4.78, 5) is 28.8. The van der Waals surface area contributed by atoms with Gasteiger partial charge in [-0.2, -0.15) is 0 Å². The Kier molecular flexibility index (Phi) is 11.1. The van der Waals surface area contributed by atoms with Gasteiger partial charge < -0.3 is 41.4 Å². The first-order chi connectivity index (χ1) is 27.4. The first-order valence-electron chi connectivity index (χ1n) is 18.2. The molecular formula is C43H41N5O8S. The number of fused-ring (bicyclic) bond motifs is 2. The van der Waals surface area contributed by atoms with Gasteiger partial charge in [-0.25, -0.2) is 8.42 Å². The van der Waals surface area contributed by atoms with Crippen molar-refractivity contribution in [3.63, 3.8) is 0 Å². The summed E-state index contributed by atoms with van der Waals surface area (Å²) in [6.07, 6.45) is 2.09. The Morgan fingerprint density at radius 3 is 2.46 bits per heavy atom. The van der Waals surface area contributed by atoms with Crippen LogP contribution in [0.4, 0.5) is 17.1 Å². The van der Waals surface area contributed by atoms with Gasteiger partial charge in [-0.3, -0.25) is 14.6 Å². The van der Waals surface area contributed by atoms with Gasteiger partial charge in [0.25, 0.3) is 11.8 Å². The number of anilines is 3. The molecule has 0 spiro atoms. The van der Waals surface area contributed by atoms with Gasteiger partial charge in [0, 0.05) is 35.4 Å². The van der Waals surface area contributed by atoms with Crippen LogP contribution in [0.5, 0.6) is 17.2 Å². The van der Waals surface area contributed by atoms with Gasteiger partial charge in [-0.1, -0.05) is 42.5 Å². The molecule has 13 nitrogen and oxygen atoms in total. The van der Waals surface area contributed by atoms with Crippen molar-refractivity contribution in [1.29, 1.82) is 0 Å². The van der Waals surface area contributed by atoms with E-state index in [0.717, 1.165) is 29.5 Å². The van der Waals surface area contributed by atoms with E-state index in [9.17, 15) is 28.2 Å². The largest absolute Gasteiger partial charge is 0.506 e. The van der Waals surface area contributed by atoms with Crippen molar-refractivity contribution in [2.45, 2.75) is 35.7 Å². The van der Waals surface area contributed by atoms with Crippen LogP contribution < -0.4 is 31.2 Å². The lowest BCUT2D eigenvalue weighted by Crippen LogP contribution is -2.28. The molecule has 1 aromatic heterocycles. The molecule has 1 aliphatic rings. The summed E-state index contributed by atoms with van der Waals surface area (Å²) in [6.45, 7) is 2.49. The number of carbonyl (C=O) groups is 2. The fraction of sp³-hybridized carbons (Fsp3) is 0.186. The van der Waals surface area contributed by atoms with Crippen molar-refractivity contribution in [2.24, 2.45) is 5.73 Å². The first kappa shape index (κ1) is 38.8. The molecule has 0 radical (unpaired) electrons. The predicted octanol–water partition coefficient (Wildman–Crippen LogP) is 6.19. The van der Waals surface area contributed by atoms with E-state index in [0.29, 0.717) is 45.7 Å². The Hall–Kier alpha value is -6.48. The second kappa shape index (κ2) is 16.3. The van der Waals surface area contributed by atoms with Crippen LogP contribution in [0.2, 0.25) is 0 Å². The lowest BCUT2D eigenvalue weighted by molar-refractivity contribution is -0.118. The monoisotopic (exact) mass is 787 g/mol. The van der Waals surface area contributed by atoms with E-state index in [1.165, 1.54) is 18.3 Å². The van der Waals surface area contributed by atoms with E-state index < -0.39 is 21.8 Å². The maximum atomic E-state index is 14.0. The predicted molar refractivity (Wildman–Crippen MR) is 217 cm³/mol. The third-order valence-corrected chi connectivity index (χ3v) is 11.5. The van der Waals surface area contributed by atoms with Crippen molar-refractivity contribution in [3.8, 4) is 28.4 Å². The highest BCUT2D eigenvalue weighted by Crippen LogP contribution is 2.41. The van der Waals surface area contributed by atoms with Gasteiger partial charge in [-0.15, -0.1) is 0 Å². The van der Waals surface area contributed by atoms with Gasteiger partial charge in [0.1, 0.15) is 17.2 Å². The number of hydrogen-bond acceptors (Lipinski definition) is 11. The number of rotatable bonds is 14. The van der Waals surface area contributed by atoms with Gasteiger partial charge in [0.15, 0.2) is 12.4 Å². The minimum Gasteiger partial charge on any atom is -0.506 e. The fourth-order valence-corrected chi connectivity index (χ4v) is 8.17. The summed E-state index contributed by atoms with van der Waals surface area (Å²) < 4.78 is 38.9. The summed E-state index contributed by atoms with van der Waals surface area (Å²) in [5.41, 5.74) is 11.5. The molecule has 1 atom stereocenters.